The van der Waals surface area contributed by atoms with E-state index in [4.69, 9.17) is 5.73 Å². The summed E-state index contributed by atoms with van der Waals surface area (Å²) in [7, 11) is 0. The lowest BCUT2D eigenvalue weighted by molar-refractivity contribution is 1.07. The van der Waals surface area contributed by atoms with E-state index >= 15 is 0 Å². The highest BCUT2D eigenvalue weighted by molar-refractivity contribution is 6.04. The molecule has 0 aliphatic rings. The van der Waals surface area contributed by atoms with E-state index in [9.17, 15) is 0 Å². The fourth-order valence-electron chi connectivity index (χ4n) is 3.21. The fraction of sp³-hybridized carbons (Fsp3) is 0.0952. The number of aryl methyl sites for hydroxylation is 1. The number of nitrogens with zero attached hydrogens (tertiary/aromatic N) is 1. The minimum atomic E-state index is 0.560. The highest BCUT2D eigenvalue weighted by Crippen LogP contribution is 2.36. The maximum Gasteiger partial charge on any atom is 0.138 e. The smallest absolute Gasteiger partial charge is 0.138 e. The van der Waals surface area contributed by atoms with Gasteiger partial charge in [-0.05, 0) is 40.8 Å². The van der Waals surface area contributed by atoms with Gasteiger partial charge >= 0.3 is 0 Å². The van der Waals surface area contributed by atoms with Gasteiger partial charge in [-0.25, -0.2) is 4.98 Å². The van der Waals surface area contributed by atoms with Gasteiger partial charge in [0.15, 0.2) is 0 Å². The molecule has 0 amide bonds. The van der Waals surface area contributed by atoms with E-state index in [1.54, 1.807) is 0 Å². The van der Waals surface area contributed by atoms with E-state index in [0.717, 1.165) is 16.6 Å². The normalized spacial score (nSPS) is 11.1. The van der Waals surface area contributed by atoms with Crippen LogP contribution in [0.25, 0.3) is 33.3 Å². The zero-order valence-corrected chi connectivity index (χ0v) is 13.6. The molecule has 3 heteroatoms. The number of hydrogen-bond acceptors (Lipinski definition) is 2. The highest BCUT2D eigenvalue weighted by Gasteiger charge is 2.13. The van der Waals surface area contributed by atoms with Crippen LogP contribution in [0.15, 0.2) is 67.0 Å². The Morgan fingerprint density at radius 1 is 0.917 bits per heavy atom. The molecule has 118 valence electrons. The molecule has 0 spiro atoms. The first-order valence-corrected chi connectivity index (χ1v) is 8.09. The van der Waals surface area contributed by atoms with Gasteiger partial charge in [-0.15, -0.1) is 0 Å². The molecule has 0 aliphatic carbocycles. The molecular formula is C21H19N3. The topological polar surface area (TPSA) is 54.7 Å². The molecule has 24 heavy (non-hydrogen) atoms. The lowest BCUT2D eigenvalue weighted by atomic mass is 9.95. The number of fused-ring (bicyclic) bond motifs is 1. The Labute approximate surface area is 141 Å². The number of aromatic amines is 1. The number of benzene rings is 2. The number of aromatic nitrogens is 2. The first kappa shape index (κ1) is 14.7. The summed E-state index contributed by atoms with van der Waals surface area (Å²) in [5.74, 6) is 0. The van der Waals surface area contributed by atoms with Crippen LogP contribution in [0.1, 0.15) is 11.1 Å². The third-order valence-corrected chi connectivity index (χ3v) is 4.51. The Morgan fingerprint density at radius 2 is 1.71 bits per heavy atom. The predicted molar refractivity (Wildman–Crippen MR) is 99.6 cm³/mol. The SMILES string of the molecule is Cc1ccccc1-c1c[nH]c2nccc(-c3ccc(CN)cc3)c12. The monoisotopic (exact) mass is 313 g/mol. The largest absolute Gasteiger partial charge is 0.345 e. The Hall–Kier alpha value is -2.91. The molecule has 3 nitrogen and oxygen atoms in total. The molecule has 4 aromatic rings. The predicted octanol–water partition coefficient (Wildman–Crippen LogP) is 4.66. The molecular weight excluding hydrogens is 294 g/mol. The van der Waals surface area contributed by atoms with Crippen molar-refractivity contribution in [3.63, 3.8) is 0 Å². The van der Waals surface area contributed by atoms with E-state index < -0.39 is 0 Å². The lowest BCUT2D eigenvalue weighted by Crippen LogP contribution is -1.95. The van der Waals surface area contributed by atoms with Gasteiger partial charge < -0.3 is 10.7 Å². The second kappa shape index (κ2) is 5.95. The van der Waals surface area contributed by atoms with E-state index in [1.165, 1.54) is 27.8 Å². The first-order chi connectivity index (χ1) is 11.8. The van der Waals surface area contributed by atoms with E-state index in [1.807, 2.05) is 6.20 Å². The van der Waals surface area contributed by atoms with Gasteiger partial charge in [0.2, 0.25) is 0 Å². The van der Waals surface area contributed by atoms with Crippen molar-refractivity contribution in [2.75, 3.05) is 0 Å². The van der Waals surface area contributed by atoms with Crippen molar-refractivity contribution in [1.82, 2.24) is 9.97 Å². The molecule has 0 radical (unpaired) electrons. The van der Waals surface area contributed by atoms with Crippen LogP contribution in [0.5, 0.6) is 0 Å². The van der Waals surface area contributed by atoms with Gasteiger partial charge in [0.25, 0.3) is 0 Å². The van der Waals surface area contributed by atoms with Crippen LogP contribution < -0.4 is 5.73 Å². The summed E-state index contributed by atoms with van der Waals surface area (Å²) in [6, 6.07) is 19.0. The van der Waals surface area contributed by atoms with Crippen molar-refractivity contribution in [1.29, 1.82) is 0 Å². The molecule has 0 fully saturated rings. The Bertz CT molecular complexity index is 997. The minimum Gasteiger partial charge on any atom is -0.345 e. The molecule has 4 rings (SSSR count). The number of rotatable bonds is 3. The average Bonchev–Trinajstić information content (AvgIpc) is 3.06. The Balaban J connectivity index is 1.96. The molecule has 0 saturated heterocycles. The van der Waals surface area contributed by atoms with Crippen molar-refractivity contribution >= 4 is 11.0 Å². The lowest BCUT2D eigenvalue weighted by Gasteiger charge is -2.09. The quantitative estimate of drug-likeness (QED) is 0.578. The summed E-state index contributed by atoms with van der Waals surface area (Å²) in [4.78, 5) is 7.82. The Kier molecular flexibility index (Phi) is 3.63. The third kappa shape index (κ3) is 2.39. The Morgan fingerprint density at radius 3 is 2.46 bits per heavy atom. The van der Waals surface area contributed by atoms with Gasteiger partial charge in [0.1, 0.15) is 5.65 Å². The van der Waals surface area contributed by atoms with Gasteiger partial charge in [-0.1, -0.05) is 48.5 Å². The van der Waals surface area contributed by atoms with E-state index in [0.29, 0.717) is 6.54 Å². The van der Waals surface area contributed by atoms with Crippen molar-refractivity contribution in [2.45, 2.75) is 13.5 Å². The van der Waals surface area contributed by atoms with Crippen LogP contribution in [0.3, 0.4) is 0 Å². The van der Waals surface area contributed by atoms with Crippen LogP contribution in [-0.2, 0) is 6.54 Å². The van der Waals surface area contributed by atoms with Gasteiger partial charge in [0, 0.05) is 29.9 Å². The molecule has 2 heterocycles. The van der Waals surface area contributed by atoms with Gasteiger partial charge in [-0.2, -0.15) is 0 Å². The molecule has 0 aliphatic heterocycles. The molecule has 0 unspecified atom stereocenters. The zero-order chi connectivity index (χ0) is 16.5. The van der Waals surface area contributed by atoms with Crippen LogP contribution in [0.2, 0.25) is 0 Å². The van der Waals surface area contributed by atoms with Gasteiger partial charge in [-0.3, -0.25) is 0 Å². The molecule has 0 atom stereocenters. The number of hydrogen-bond donors (Lipinski definition) is 2. The second-order valence-electron chi connectivity index (χ2n) is 6.00. The summed E-state index contributed by atoms with van der Waals surface area (Å²) >= 11 is 0. The average molecular weight is 313 g/mol. The molecule has 0 saturated carbocycles. The van der Waals surface area contributed by atoms with Crippen LogP contribution in [-0.4, -0.2) is 9.97 Å². The highest BCUT2D eigenvalue weighted by atomic mass is 14.8. The zero-order valence-electron chi connectivity index (χ0n) is 13.6. The minimum absolute atomic E-state index is 0.560. The van der Waals surface area contributed by atoms with Crippen molar-refractivity contribution in [2.24, 2.45) is 5.73 Å². The summed E-state index contributed by atoms with van der Waals surface area (Å²) in [5, 5.41) is 1.16. The summed E-state index contributed by atoms with van der Waals surface area (Å²) in [6.45, 7) is 2.70. The van der Waals surface area contributed by atoms with E-state index in [2.05, 4.69) is 77.7 Å². The summed E-state index contributed by atoms with van der Waals surface area (Å²) < 4.78 is 0. The van der Waals surface area contributed by atoms with E-state index in [-0.39, 0.29) is 0 Å². The van der Waals surface area contributed by atoms with Crippen molar-refractivity contribution < 1.29 is 0 Å². The van der Waals surface area contributed by atoms with Gasteiger partial charge in [0.05, 0.1) is 0 Å². The number of H-pyrrole nitrogens is 1. The summed E-state index contributed by atoms with van der Waals surface area (Å²) in [5.41, 5.74) is 13.8. The van der Waals surface area contributed by atoms with Crippen molar-refractivity contribution in [3.8, 4) is 22.3 Å². The van der Waals surface area contributed by atoms with Crippen LogP contribution in [0.4, 0.5) is 0 Å². The maximum absolute atomic E-state index is 5.71. The van der Waals surface area contributed by atoms with Crippen molar-refractivity contribution in [3.05, 3.63) is 78.1 Å². The molecule has 2 aromatic heterocycles. The maximum atomic E-state index is 5.71. The molecule has 3 N–H and O–H groups in total. The number of nitrogens with one attached hydrogen (secondary N) is 1. The van der Waals surface area contributed by atoms with Crippen LogP contribution in [0, 0.1) is 6.92 Å². The van der Waals surface area contributed by atoms with Crippen LogP contribution >= 0.6 is 0 Å². The molecule has 0 bridgehead atoms. The standard InChI is InChI=1S/C21H19N3/c1-14-4-2-3-5-17(14)19-13-24-21-20(19)18(10-11-23-21)16-8-6-15(12-22)7-9-16/h2-11,13H,12,22H2,1H3,(H,23,24). The molecule has 2 aromatic carbocycles. The summed E-state index contributed by atoms with van der Waals surface area (Å²) in [6.07, 6.45) is 3.91. The number of pyridine rings is 1. The number of nitrogens with two attached hydrogens (primary N) is 1. The second-order valence-corrected chi connectivity index (χ2v) is 6.00. The fourth-order valence-corrected chi connectivity index (χ4v) is 3.21. The third-order valence-electron chi connectivity index (χ3n) is 4.51. The first-order valence-electron chi connectivity index (χ1n) is 8.09.